The predicted octanol–water partition coefficient (Wildman–Crippen LogP) is 4.70. The summed E-state index contributed by atoms with van der Waals surface area (Å²) in [4.78, 5) is 4.55. The standard InChI is InChI=1S/C28H34F2N6O3/c1-4-31-25-12-22-20(14-32-25)27(17-13-33-35(15-17)16-24(37)28(2,3)38)34-36(22)18-8-10-19(11-9-18)39-23-7-5-6-21(29)26(23)30/h5-7,12-15,18-19,24,37-38H,4,8-11,16H2,1-3H3,(H,31,32)/t18-,19+,24-/m1/s1. The van der Waals surface area contributed by atoms with Gasteiger partial charge in [0.1, 0.15) is 17.6 Å². The predicted molar refractivity (Wildman–Crippen MR) is 143 cm³/mol. The molecule has 0 aliphatic heterocycles. The second-order valence-corrected chi connectivity index (χ2v) is 10.6. The van der Waals surface area contributed by atoms with Crippen molar-refractivity contribution in [3.8, 4) is 17.0 Å². The topological polar surface area (TPSA) is 110 Å². The molecule has 4 aromatic rings. The first kappa shape index (κ1) is 27.0. The lowest BCUT2D eigenvalue weighted by Gasteiger charge is -2.29. The number of nitrogens with one attached hydrogen (secondary N) is 1. The summed E-state index contributed by atoms with van der Waals surface area (Å²) in [6.45, 7) is 5.99. The minimum atomic E-state index is -1.25. The van der Waals surface area contributed by atoms with E-state index in [2.05, 4.69) is 15.4 Å². The first-order chi connectivity index (χ1) is 18.6. The lowest BCUT2D eigenvalue weighted by molar-refractivity contribution is -0.0566. The highest BCUT2D eigenvalue weighted by Crippen LogP contribution is 2.37. The summed E-state index contributed by atoms with van der Waals surface area (Å²) in [6.07, 6.45) is 6.97. The number of ether oxygens (including phenoxy) is 1. The Hall–Kier alpha value is -3.57. The molecule has 0 radical (unpaired) electrons. The van der Waals surface area contributed by atoms with Gasteiger partial charge in [0.25, 0.3) is 0 Å². The maximum absolute atomic E-state index is 14.1. The zero-order valence-corrected chi connectivity index (χ0v) is 22.3. The van der Waals surface area contributed by atoms with Crippen molar-refractivity contribution in [2.24, 2.45) is 0 Å². The van der Waals surface area contributed by atoms with Gasteiger partial charge >= 0.3 is 0 Å². The fraction of sp³-hybridized carbons (Fsp3) is 0.464. The zero-order valence-electron chi connectivity index (χ0n) is 22.3. The molecule has 0 saturated heterocycles. The molecule has 0 bridgehead atoms. The Morgan fingerprint density at radius 1 is 1.18 bits per heavy atom. The molecule has 5 rings (SSSR count). The second kappa shape index (κ2) is 10.9. The molecule has 3 N–H and O–H groups in total. The molecule has 39 heavy (non-hydrogen) atoms. The number of hydrogen-bond acceptors (Lipinski definition) is 7. The van der Waals surface area contributed by atoms with Crippen LogP contribution in [0.5, 0.6) is 5.75 Å². The van der Waals surface area contributed by atoms with E-state index in [1.54, 1.807) is 37.1 Å². The maximum atomic E-state index is 14.1. The monoisotopic (exact) mass is 540 g/mol. The molecule has 1 aliphatic carbocycles. The fourth-order valence-electron chi connectivity index (χ4n) is 4.95. The Morgan fingerprint density at radius 3 is 2.67 bits per heavy atom. The van der Waals surface area contributed by atoms with E-state index in [-0.39, 0.29) is 24.4 Å². The van der Waals surface area contributed by atoms with Gasteiger partial charge in [-0.1, -0.05) is 6.07 Å². The largest absolute Gasteiger partial charge is 0.487 e. The summed E-state index contributed by atoms with van der Waals surface area (Å²) >= 11 is 0. The van der Waals surface area contributed by atoms with Crippen LogP contribution in [0.3, 0.4) is 0 Å². The molecule has 1 aliphatic rings. The van der Waals surface area contributed by atoms with E-state index in [9.17, 15) is 19.0 Å². The van der Waals surface area contributed by atoms with E-state index in [4.69, 9.17) is 9.84 Å². The van der Waals surface area contributed by atoms with E-state index in [1.165, 1.54) is 12.1 Å². The van der Waals surface area contributed by atoms with Crippen LogP contribution in [-0.2, 0) is 6.54 Å². The van der Waals surface area contributed by atoms with Crippen LogP contribution in [0.4, 0.5) is 14.6 Å². The average molecular weight is 541 g/mol. The Balaban J connectivity index is 1.40. The smallest absolute Gasteiger partial charge is 0.200 e. The SMILES string of the molecule is CCNc1cc2c(cn1)c(-c1cnn(C[C@@H](O)C(C)(C)O)c1)nn2[C@H]1CC[C@@H](Oc2cccc(F)c2F)CC1. The molecule has 208 valence electrons. The summed E-state index contributed by atoms with van der Waals surface area (Å²) < 4.78 is 37.1. The number of nitrogens with zero attached hydrogens (tertiary/aromatic N) is 5. The number of rotatable bonds is 9. The molecule has 1 aromatic carbocycles. The highest BCUT2D eigenvalue weighted by atomic mass is 19.2. The van der Waals surface area contributed by atoms with Crippen LogP contribution in [0.25, 0.3) is 22.2 Å². The van der Waals surface area contributed by atoms with Crippen molar-refractivity contribution in [2.45, 2.75) is 76.9 Å². The number of pyridine rings is 1. The van der Waals surface area contributed by atoms with Gasteiger partial charge in [-0.15, -0.1) is 0 Å². The molecular weight excluding hydrogens is 506 g/mol. The van der Waals surface area contributed by atoms with Crippen molar-refractivity contribution in [3.63, 3.8) is 0 Å². The first-order valence-electron chi connectivity index (χ1n) is 13.3. The van der Waals surface area contributed by atoms with Crippen molar-refractivity contribution in [2.75, 3.05) is 11.9 Å². The van der Waals surface area contributed by atoms with Crippen molar-refractivity contribution in [3.05, 3.63) is 54.5 Å². The fourth-order valence-corrected chi connectivity index (χ4v) is 4.95. The number of anilines is 1. The van der Waals surface area contributed by atoms with Gasteiger partial charge in [-0.05, 0) is 58.6 Å². The number of benzene rings is 1. The van der Waals surface area contributed by atoms with Crippen LogP contribution < -0.4 is 10.1 Å². The molecule has 1 fully saturated rings. The van der Waals surface area contributed by atoms with Gasteiger partial charge in [0.2, 0.25) is 5.82 Å². The van der Waals surface area contributed by atoms with Gasteiger partial charge in [0, 0.05) is 36.0 Å². The molecule has 11 heteroatoms. The highest BCUT2D eigenvalue weighted by molar-refractivity contribution is 5.93. The van der Waals surface area contributed by atoms with Gasteiger partial charge in [0.15, 0.2) is 11.6 Å². The van der Waals surface area contributed by atoms with Crippen molar-refractivity contribution in [1.29, 1.82) is 0 Å². The van der Waals surface area contributed by atoms with E-state index in [0.29, 0.717) is 12.8 Å². The van der Waals surface area contributed by atoms with Gasteiger partial charge in [-0.3, -0.25) is 9.36 Å². The average Bonchev–Trinajstić information content (AvgIpc) is 3.51. The number of fused-ring (bicyclic) bond motifs is 1. The zero-order chi connectivity index (χ0) is 27.7. The summed E-state index contributed by atoms with van der Waals surface area (Å²) in [7, 11) is 0. The molecule has 0 amide bonds. The Bertz CT molecular complexity index is 1440. The Kier molecular flexibility index (Phi) is 7.55. The minimum absolute atomic E-state index is 0.0571. The number of halogens is 2. The summed E-state index contributed by atoms with van der Waals surface area (Å²) in [5.41, 5.74) is 1.18. The van der Waals surface area contributed by atoms with E-state index in [0.717, 1.165) is 53.4 Å². The third kappa shape index (κ3) is 5.74. The van der Waals surface area contributed by atoms with Gasteiger partial charge < -0.3 is 20.3 Å². The quantitative estimate of drug-likeness (QED) is 0.282. The van der Waals surface area contributed by atoms with Crippen LogP contribution in [0.2, 0.25) is 0 Å². The molecule has 3 aromatic heterocycles. The van der Waals surface area contributed by atoms with Gasteiger partial charge in [-0.2, -0.15) is 14.6 Å². The summed E-state index contributed by atoms with van der Waals surface area (Å²) in [5.74, 6) is -1.18. The Morgan fingerprint density at radius 2 is 1.95 bits per heavy atom. The maximum Gasteiger partial charge on any atom is 0.200 e. The van der Waals surface area contributed by atoms with Crippen molar-refractivity contribution >= 4 is 16.7 Å². The van der Waals surface area contributed by atoms with Crippen LogP contribution in [-0.4, -0.2) is 59.1 Å². The number of aliphatic hydroxyl groups is 2. The molecule has 9 nitrogen and oxygen atoms in total. The Labute approximate surface area is 225 Å². The van der Waals surface area contributed by atoms with Crippen molar-refractivity contribution < 1.29 is 23.7 Å². The molecule has 0 unspecified atom stereocenters. The van der Waals surface area contributed by atoms with Crippen LogP contribution >= 0.6 is 0 Å². The van der Waals surface area contributed by atoms with Crippen LogP contribution in [0.1, 0.15) is 52.5 Å². The summed E-state index contributed by atoms with van der Waals surface area (Å²) in [6, 6.07) is 6.05. The lowest BCUT2D eigenvalue weighted by Crippen LogP contribution is -2.39. The van der Waals surface area contributed by atoms with Gasteiger partial charge in [-0.25, -0.2) is 9.37 Å². The lowest BCUT2D eigenvalue weighted by atomic mass is 9.93. The van der Waals surface area contributed by atoms with E-state index >= 15 is 0 Å². The van der Waals surface area contributed by atoms with Crippen molar-refractivity contribution in [1.82, 2.24) is 24.5 Å². The number of aliphatic hydroxyl groups excluding tert-OH is 1. The third-order valence-corrected chi connectivity index (χ3v) is 7.23. The number of hydrogen-bond donors (Lipinski definition) is 3. The molecule has 3 heterocycles. The highest BCUT2D eigenvalue weighted by Gasteiger charge is 2.29. The molecule has 1 atom stereocenters. The number of aromatic nitrogens is 5. The normalized spacial score (nSPS) is 18.8. The minimum Gasteiger partial charge on any atom is -0.487 e. The first-order valence-corrected chi connectivity index (χ1v) is 13.3. The second-order valence-electron chi connectivity index (χ2n) is 10.6. The molecule has 0 spiro atoms. The summed E-state index contributed by atoms with van der Waals surface area (Å²) in [5, 5.41) is 33.9. The van der Waals surface area contributed by atoms with Crippen LogP contribution in [0, 0.1) is 11.6 Å². The molecule has 1 saturated carbocycles. The van der Waals surface area contributed by atoms with E-state index in [1.807, 2.05) is 17.7 Å². The van der Waals surface area contributed by atoms with Gasteiger partial charge in [0.05, 0.1) is 36.0 Å². The molecular formula is C28H34F2N6O3. The third-order valence-electron chi connectivity index (χ3n) is 7.23. The van der Waals surface area contributed by atoms with E-state index < -0.39 is 23.3 Å². The van der Waals surface area contributed by atoms with Crippen LogP contribution in [0.15, 0.2) is 42.9 Å².